The lowest BCUT2D eigenvalue weighted by Gasteiger charge is -2.42. The van der Waals surface area contributed by atoms with Crippen LogP contribution in [0, 0.1) is 0 Å². The highest BCUT2D eigenvalue weighted by Crippen LogP contribution is 2.31. The summed E-state index contributed by atoms with van der Waals surface area (Å²) in [6, 6.07) is 6.42. The number of carbonyl (C=O) groups excluding carboxylic acids is 1. The van der Waals surface area contributed by atoms with Gasteiger partial charge in [0.2, 0.25) is 0 Å². The molecule has 0 fully saturated rings. The van der Waals surface area contributed by atoms with Crippen molar-refractivity contribution >= 4 is 5.91 Å². The van der Waals surface area contributed by atoms with Gasteiger partial charge in [0, 0.05) is 18.0 Å². The summed E-state index contributed by atoms with van der Waals surface area (Å²) in [6.07, 6.45) is 1.80. The number of primary amides is 1. The smallest absolute Gasteiger partial charge is 0.268 e. The number of rotatable bonds is 4. The van der Waals surface area contributed by atoms with Gasteiger partial charge in [-0.3, -0.25) is 9.78 Å². The molecule has 0 aliphatic carbocycles. The zero-order valence-corrected chi connectivity index (χ0v) is 14.8. The van der Waals surface area contributed by atoms with Crippen molar-refractivity contribution in [3.63, 3.8) is 0 Å². The number of amides is 1. The van der Waals surface area contributed by atoms with Crippen LogP contribution >= 0.6 is 0 Å². The lowest BCUT2D eigenvalue weighted by molar-refractivity contribution is 0.0995. The maximum Gasteiger partial charge on any atom is 0.268 e. The molecule has 0 aliphatic heterocycles. The van der Waals surface area contributed by atoms with Crippen molar-refractivity contribution in [2.24, 2.45) is 5.73 Å². The molecule has 0 saturated carbocycles. The van der Waals surface area contributed by atoms with E-state index in [-0.39, 0.29) is 22.8 Å². The van der Waals surface area contributed by atoms with Crippen molar-refractivity contribution < 1.29 is 13.6 Å². The van der Waals surface area contributed by atoms with E-state index in [0.29, 0.717) is 0 Å². The van der Waals surface area contributed by atoms with Crippen molar-refractivity contribution in [3.8, 4) is 0 Å². The molecule has 1 atom stereocenters. The van der Waals surface area contributed by atoms with Crippen LogP contribution in [0.15, 0.2) is 42.9 Å². The second kappa shape index (κ2) is 9.17. The molecule has 0 aliphatic rings. The summed E-state index contributed by atoms with van der Waals surface area (Å²) in [5.41, 5.74) is 5.82. The fraction of sp³-hybridized carbons (Fsp3) is 0.389. The highest BCUT2D eigenvalue weighted by Gasteiger charge is 2.08. The Morgan fingerprint density at radius 2 is 1.84 bits per heavy atom. The van der Waals surface area contributed by atoms with Crippen LogP contribution in [0.3, 0.4) is 0 Å². The molecule has 1 heterocycles. The molecule has 5 nitrogen and oxygen atoms in total. The predicted octanol–water partition coefficient (Wildman–Crippen LogP) is 4.43. The number of benzene rings is 1. The fourth-order valence-corrected chi connectivity index (χ4v) is 2.04. The quantitative estimate of drug-likeness (QED) is 0.886. The van der Waals surface area contributed by atoms with Crippen molar-refractivity contribution in [3.05, 3.63) is 65.0 Å². The summed E-state index contributed by atoms with van der Waals surface area (Å²) < 4.78 is 25.0. The Labute approximate surface area is 146 Å². The summed E-state index contributed by atoms with van der Waals surface area (Å²) in [5.74, 6) is -0.553. The van der Waals surface area contributed by atoms with Gasteiger partial charge >= 0.3 is 0 Å². The van der Waals surface area contributed by atoms with Crippen LogP contribution in [0.4, 0.5) is 8.78 Å². The number of alkyl halides is 2. The van der Waals surface area contributed by atoms with E-state index in [0.717, 1.165) is 5.56 Å². The Balaban J connectivity index is 0.000000293. The van der Waals surface area contributed by atoms with Gasteiger partial charge in [-0.15, -0.1) is 11.6 Å². The van der Waals surface area contributed by atoms with Crippen molar-refractivity contribution in [1.29, 1.82) is 0 Å². The average molecular weight is 349 g/mol. The Morgan fingerprint density at radius 1 is 1.20 bits per heavy atom. The van der Waals surface area contributed by atoms with E-state index in [2.05, 4.69) is 15.3 Å². The molecule has 1 aromatic carbocycles. The first-order valence-corrected chi connectivity index (χ1v) is 7.76. The SMILES string of the molecule is CC([N-]C(C)(C)C)c1cccc(C(F)F)c1.NC(=O)c1cnccn1. The van der Waals surface area contributed by atoms with Gasteiger partial charge in [0.05, 0.1) is 6.20 Å². The second-order valence-electron chi connectivity index (χ2n) is 6.40. The van der Waals surface area contributed by atoms with Crippen molar-refractivity contribution in [2.75, 3.05) is 0 Å². The first kappa shape index (κ1) is 20.6. The summed E-state index contributed by atoms with van der Waals surface area (Å²) in [7, 11) is 0. The third-order valence-corrected chi connectivity index (χ3v) is 3.04. The van der Waals surface area contributed by atoms with Gasteiger partial charge in [-0.1, -0.05) is 57.5 Å². The molecule has 0 radical (unpaired) electrons. The zero-order valence-electron chi connectivity index (χ0n) is 14.8. The van der Waals surface area contributed by atoms with Gasteiger partial charge < -0.3 is 11.1 Å². The molecule has 2 rings (SSSR count). The van der Waals surface area contributed by atoms with Crippen LogP contribution in [0.5, 0.6) is 0 Å². The third-order valence-electron chi connectivity index (χ3n) is 3.04. The van der Waals surface area contributed by atoms with Crippen LogP contribution in [0.2, 0.25) is 0 Å². The van der Waals surface area contributed by atoms with E-state index in [9.17, 15) is 13.6 Å². The van der Waals surface area contributed by atoms with E-state index in [1.807, 2.05) is 33.8 Å². The molecule has 0 saturated heterocycles. The Morgan fingerprint density at radius 3 is 2.28 bits per heavy atom. The minimum atomic E-state index is -2.42. The van der Waals surface area contributed by atoms with Crippen molar-refractivity contribution in [2.45, 2.75) is 45.7 Å². The van der Waals surface area contributed by atoms with Crippen LogP contribution in [-0.4, -0.2) is 21.4 Å². The molecule has 25 heavy (non-hydrogen) atoms. The lowest BCUT2D eigenvalue weighted by atomic mass is 10.0. The Kier molecular flexibility index (Phi) is 7.57. The van der Waals surface area contributed by atoms with Gasteiger partial charge in [0.1, 0.15) is 5.69 Å². The number of hydrogen-bond acceptors (Lipinski definition) is 3. The number of hydrogen-bond donors (Lipinski definition) is 1. The standard InChI is InChI=1S/C13H18F2N.C5H5N3O/c1-9(16-13(2,3)4)10-6-5-7-11(8-10)12(14)15;6-5(9)4-3-7-1-2-8-4/h5-9,12H,1-4H3;1-3H,(H2,6,9)/q-1;. The molecule has 2 N–H and O–H groups in total. The Bertz CT molecular complexity index is 672. The van der Waals surface area contributed by atoms with Gasteiger partial charge in [-0.2, -0.15) is 0 Å². The third kappa shape index (κ3) is 7.80. The summed E-state index contributed by atoms with van der Waals surface area (Å²) in [4.78, 5) is 17.6. The molecule has 1 amide bonds. The molecule has 2 aromatic rings. The van der Waals surface area contributed by atoms with Gasteiger partial charge in [-0.25, -0.2) is 13.8 Å². The molecule has 0 spiro atoms. The molecule has 136 valence electrons. The van der Waals surface area contributed by atoms with E-state index >= 15 is 0 Å². The highest BCUT2D eigenvalue weighted by atomic mass is 19.3. The number of carbonyl (C=O) groups is 1. The summed E-state index contributed by atoms with van der Waals surface area (Å²) in [5, 5.41) is 4.54. The van der Waals surface area contributed by atoms with E-state index < -0.39 is 12.3 Å². The summed E-state index contributed by atoms with van der Waals surface area (Å²) in [6.45, 7) is 7.93. The van der Waals surface area contributed by atoms with E-state index in [4.69, 9.17) is 5.73 Å². The first-order chi connectivity index (χ1) is 11.6. The molecule has 7 heteroatoms. The number of aromatic nitrogens is 2. The average Bonchev–Trinajstić information content (AvgIpc) is 2.55. The maximum absolute atomic E-state index is 12.5. The van der Waals surface area contributed by atoms with E-state index in [1.54, 1.807) is 6.07 Å². The molecule has 1 unspecified atom stereocenters. The van der Waals surface area contributed by atoms with Crippen LogP contribution in [-0.2, 0) is 0 Å². The van der Waals surface area contributed by atoms with Gasteiger partial charge in [0.25, 0.3) is 12.3 Å². The fourth-order valence-electron chi connectivity index (χ4n) is 2.04. The van der Waals surface area contributed by atoms with Gasteiger partial charge in [0.15, 0.2) is 0 Å². The number of halogens is 2. The van der Waals surface area contributed by atoms with Crippen LogP contribution < -0.4 is 5.73 Å². The van der Waals surface area contributed by atoms with E-state index in [1.165, 1.54) is 30.7 Å². The second-order valence-corrected chi connectivity index (χ2v) is 6.40. The molecular formula is C18H23F2N4O-. The molecule has 0 bridgehead atoms. The normalized spacial score (nSPS) is 12.3. The molecule has 1 aromatic heterocycles. The number of nitrogens with two attached hydrogens (primary N) is 1. The molecular weight excluding hydrogens is 326 g/mol. The summed E-state index contributed by atoms with van der Waals surface area (Å²) >= 11 is 0. The van der Waals surface area contributed by atoms with Crippen LogP contribution in [0.1, 0.15) is 61.8 Å². The highest BCUT2D eigenvalue weighted by molar-refractivity contribution is 5.90. The topological polar surface area (TPSA) is 83.0 Å². The monoisotopic (exact) mass is 349 g/mol. The maximum atomic E-state index is 12.5. The van der Waals surface area contributed by atoms with Crippen molar-refractivity contribution in [1.82, 2.24) is 9.97 Å². The zero-order chi connectivity index (χ0) is 19.0. The Hall–Kier alpha value is -2.41. The minimum Gasteiger partial charge on any atom is -0.651 e. The minimum absolute atomic E-state index is 0.0568. The van der Waals surface area contributed by atoms with Crippen LogP contribution in [0.25, 0.3) is 5.32 Å². The largest absolute Gasteiger partial charge is 0.651 e. The predicted molar refractivity (Wildman–Crippen MR) is 93.5 cm³/mol. The number of nitrogens with zero attached hydrogens (tertiary/aromatic N) is 3. The first-order valence-electron chi connectivity index (χ1n) is 7.76. The van der Waals surface area contributed by atoms with Gasteiger partial charge in [-0.05, 0) is 0 Å². The lowest BCUT2D eigenvalue weighted by Crippen LogP contribution is -2.14.